The molecule has 0 aliphatic carbocycles. The van der Waals surface area contributed by atoms with Crippen LogP contribution >= 0.6 is 0 Å². The number of amides is 3. The van der Waals surface area contributed by atoms with E-state index >= 15 is 0 Å². The van der Waals surface area contributed by atoms with E-state index in [-0.39, 0.29) is 17.9 Å². The fourth-order valence-corrected chi connectivity index (χ4v) is 3.61. The Labute approximate surface area is 167 Å². The molecular formula is C23H29N3O2. The van der Waals surface area contributed by atoms with Gasteiger partial charge in [0, 0.05) is 38.8 Å². The molecule has 3 rings (SSSR count). The number of aryl methyl sites for hydroxylation is 1. The third-order valence-electron chi connectivity index (χ3n) is 5.29. The van der Waals surface area contributed by atoms with Gasteiger partial charge in [-0.2, -0.15) is 0 Å². The maximum Gasteiger partial charge on any atom is 0.319 e. The maximum absolute atomic E-state index is 13.4. The van der Waals surface area contributed by atoms with E-state index < -0.39 is 0 Å². The lowest BCUT2D eigenvalue weighted by Gasteiger charge is -2.35. The van der Waals surface area contributed by atoms with E-state index in [0.29, 0.717) is 32.5 Å². The van der Waals surface area contributed by atoms with Crippen LogP contribution in [0.1, 0.15) is 24.0 Å². The minimum atomic E-state index is -0.0590. The Kier molecular flexibility index (Phi) is 6.34. The molecule has 0 unspecified atom stereocenters. The number of piperidine rings is 1. The van der Waals surface area contributed by atoms with Gasteiger partial charge in [-0.15, -0.1) is 0 Å². The average molecular weight is 380 g/mol. The van der Waals surface area contributed by atoms with Crippen LogP contribution in [0, 0.1) is 12.8 Å². The van der Waals surface area contributed by atoms with Crippen LogP contribution in [0.2, 0.25) is 0 Å². The molecule has 28 heavy (non-hydrogen) atoms. The van der Waals surface area contributed by atoms with Crippen molar-refractivity contribution in [3.8, 4) is 0 Å². The van der Waals surface area contributed by atoms with Crippen LogP contribution in [0.5, 0.6) is 0 Å². The van der Waals surface area contributed by atoms with Crippen molar-refractivity contribution in [2.24, 2.45) is 5.92 Å². The number of benzene rings is 2. The summed E-state index contributed by atoms with van der Waals surface area (Å²) in [6.07, 6.45) is 1.41. The van der Waals surface area contributed by atoms with Crippen molar-refractivity contribution in [1.29, 1.82) is 0 Å². The largest absolute Gasteiger partial charge is 0.331 e. The van der Waals surface area contributed by atoms with Crippen molar-refractivity contribution in [2.45, 2.75) is 26.3 Å². The van der Waals surface area contributed by atoms with E-state index in [1.807, 2.05) is 71.3 Å². The second kappa shape index (κ2) is 8.91. The van der Waals surface area contributed by atoms with Crippen LogP contribution in [0.4, 0.5) is 10.5 Å². The topological polar surface area (TPSA) is 43.9 Å². The number of hydrogen-bond donors (Lipinski definition) is 0. The minimum absolute atomic E-state index is 0.0191. The first-order valence-corrected chi connectivity index (χ1v) is 9.84. The lowest BCUT2D eigenvalue weighted by molar-refractivity contribution is -0.123. The molecule has 0 bridgehead atoms. The van der Waals surface area contributed by atoms with Gasteiger partial charge >= 0.3 is 6.03 Å². The van der Waals surface area contributed by atoms with E-state index in [9.17, 15) is 9.59 Å². The summed E-state index contributed by atoms with van der Waals surface area (Å²) >= 11 is 0. The van der Waals surface area contributed by atoms with Crippen molar-refractivity contribution in [1.82, 2.24) is 9.80 Å². The van der Waals surface area contributed by atoms with Crippen molar-refractivity contribution >= 4 is 17.6 Å². The fourth-order valence-electron chi connectivity index (χ4n) is 3.61. The second-order valence-electron chi connectivity index (χ2n) is 7.68. The van der Waals surface area contributed by atoms with Crippen molar-refractivity contribution < 1.29 is 9.59 Å². The summed E-state index contributed by atoms with van der Waals surface area (Å²) in [5.41, 5.74) is 3.20. The normalized spacial score (nSPS) is 14.6. The summed E-state index contributed by atoms with van der Waals surface area (Å²) in [5, 5.41) is 0. The van der Waals surface area contributed by atoms with Gasteiger partial charge in [-0.3, -0.25) is 4.79 Å². The maximum atomic E-state index is 13.4. The van der Waals surface area contributed by atoms with Crippen LogP contribution in [0.15, 0.2) is 54.6 Å². The molecule has 1 aliphatic heterocycles. The molecule has 0 N–H and O–H groups in total. The van der Waals surface area contributed by atoms with E-state index in [0.717, 1.165) is 11.3 Å². The molecule has 5 heteroatoms. The Hall–Kier alpha value is -2.82. The Bertz CT molecular complexity index is 794. The fraction of sp³-hybridized carbons (Fsp3) is 0.391. The van der Waals surface area contributed by atoms with Gasteiger partial charge in [0.25, 0.3) is 0 Å². The molecular weight excluding hydrogens is 350 g/mol. The van der Waals surface area contributed by atoms with Crippen LogP contribution in [0.25, 0.3) is 0 Å². The molecule has 1 aliphatic rings. The molecule has 1 heterocycles. The van der Waals surface area contributed by atoms with Crippen LogP contribution in [-0.2, 0) is 11.3 Å². The quantitative estimate of drug-likeness (QED) is 0.808. The third kappa shape index (κ3) is 4.71. The first kappa shape index (κ1) is 19.9. The highest BCUT2D eigenvalue weighted by Gasteiger charge is 2.31. The summed E-state index contributed by atoms with van der Waals surface area (Å²) in [6, 6.07) is 18.2. The monoisotopic (exact) mass is 379 g/mol. The number of urea groups is 1. The number of anilines is 1. The summed E-state index contributed by atoms with van der Waals surface area (Å²) in [5.74, 6) is 0.0842. The zero-order valence-electron chi connectivity index (χ0n) is 17.0. The van der Waals surface area contributed by atoms with Gasteiger partial charge in [0.1, 0.15) is 0 Å². The van der Waals surface area contributed by atoms with Gasteiger partial charge in [-0.1, -0.05) is 48.0 Å². The molecule has 5 nitrogen and oxygen atoms in total. The van der Waals surface area contributed by atoms with Gasteiger partial charge in [0.15, 0.2) is 0 Å². The molecule has 3 amide bonds. The van der Waals surface area contributed by atoms with Gasteiger partial charge in [0.05, 0.1) is 6.54 Å². The summed E-state index contributed by atoms with van der Waals surface area (Å²) < 4.78 is 0. The molecule has 2 aromatic carbocycles. The lowest BCUT2D eigenvalue weighted by Crippen LogP contribution is -2.47. The highest BCUT2D eigenvalue weighted by molar-refractivity contribution is 5.95. The molecule has 148 valence electrons. The summed E-state index contributed by atoms with van der Waals surface area (Å²) in [4.78, 5) is 30.9. The molecule has 1 fully saturated rings. The molecule has 0 atom stereocenters. The highest BCUT2D eigenvalue weighted by atomic mass is 16.2. The van der Waals surface area contributed by atoms with Gasteiger partial charge in [0.2, 0.25) is 5.91 Å². The smallest absolute Gasteiger partial charge is 0.319 e. The van der Waals surface area contributed by atoms with Crippen molar-refractivity contribution in [3.05, 3.63) is 65.7 Å². The molecule has 0 spiro atoms. The zero-order chi connectivity index (χ0) is 20.1. The van der Waals surface area contributed by atoms with E-state index in [2.05, 4.69) is 0 Å². The zero-order valence-corrected chi connectivity index (χ0v) is 17.0. The van der Waals surface area contributed by atoms with Crippen LogP contribution in [0.3, 0.4) is 0 Å². The first-order chi connectivity index (χ1) is 13.5. The predicted molar refractivity (Wildman–Crippen MR) is 112 cm³/mol. The Morgan fingerprint density at radius 2 is 1.57 bits per heavy atom. The number of likely N-dealkylation sites (tertiary alicyclic amines) is 1. The Balaban J connectivity index is 1.75. The number of carbonyl (C=O) groups excluding carboxylic acids is 2. The van der Waals surface area contributed by atoms with Gasteiger partial charge in [-0.05, 0) is 37.5 Å². The molecule has 2 aromatic rings. The van der Waals surface area contributed by atoms with E-state index in [1.54, 1.807) is 19.0 Å². The predicted octanol–water partition coefficient (Wildman–Crippen LogP) is 3.92. The number of carbonyl (C=O) groups is 2. The van der Waals surface area contributed by atoms with Crippen LogP contribution in [-0.4, -0.2) is 48.9 Å². The first-order valence-electron chi connectivity index (χ1n) is 9.84. The minimum Gasteiger partial charge on any atom is -0.331 e. The lowest BCUT2D eigenvalue weighted by atomic mass is 9.94. The molecule has 1 saturated heterocycles. The van der Waals surface area contributed by atoms with Gasteiger partial charge < -0.3 is 14.7 Å². The van der Waals surface area contributed by atoms with Crippen molar-refractivity contribution in [3.63, 3.8) is 0 Å². The Morgan fingerprint density at radius 3 is 2.14 bits per heavy atom. The third-order valence-corrected chi connectivity index (χ3v) is 5.29. The Morgan fingerprint density at radius 1 is 0.964 bits per heavy atom. The van der Waals surface area contributed by atoms with E-state index in [4.69, 9.17) is 0 Å². The average Bonchev–Trinajstić information content (AvgIpc) is 2.72. The standard InChI is InChI=1S/C23H29N3O2/c1-18-9-11-21(12-10-18)26(17-19-7-5-4-6-8-19)22(27)20-13-15-25(16-14-20)23(28)24(2)3/h4-12,20H,13-17H2,1-3H3. The summed E-state index contributed by atoms with van der Waals surface area (Å²) in [7, 11) is 3.52. The van der Waals surface area contributed by atoms with Gasteiger partial charge in [-0.25, -0.2) is 4.79 Å². The number of rotatable bonds is 4. The SMILES string of the molecule is Cc1ccc(N(Cc2ccccc2)C(=O)C2CCN(C(=O)N(C)C)CC2)cc1. The second-order valence-corrected chi connectivity index (χ2v) is 7.68. The summed E-state index contributed by atoms with van der Waals surface area (Å²) in [6.45, 7) is 3.85. The molecule has 0 aromatic heterocycles. The highest BCUT2D eigenvalue weighted by Crippen LogP contribution is 2.26. The van der Waals surface area contributed by atoms with Crippen LogP contribution < -0.4 is 4.90 Å². The number of nitrogens with zero attached hydrogens (tertiary/aromatic N) is 3. The van der Waals surface area contributed by atoms with Crippen molar-refractivity contribution in [2.75, 3.05) is 32.1 Å². The number of hydrogen-bond acceptors (Lipinski definition) is 2. The molecule has 0 saturated carbocycles. The van der Waals surface area contributed by atoms with E-state index in [1.165, 1.54) is 5.56 Å². The molecule has 0 radical (unpaired) electrons.